The van der Waals surface area contributed by atoms with Gasteiger partial charge in [-0.2, -0.15) is 0 Å². The number of benzene rings is 2. The summed E-state index contributed by atoms with van der Waals surface area (Å²) >= 11 is 7.76. The van der Waals surface area contributed by atoms with E-state index in [1.807, 2.05) is 6.07 Å². The lowest BCUT2D eigenvalue weighted by Crippen LogP contribution is -2.25. The van der Waals surface area contributed by atoms with Crippen molar-refractivity contribution < 1.29 is 4.39 Å². The first-order chi connectivity index (χ1) is 9.54. The Bertz CT molecular complexity index is 588. The summed E-state index contributed by atoms with van der Waals surface area (Å²) in [6.07, 6.45) is 0.579. The van der Waals surface area contributed by atoms with Crippen molar-refractivity contribution in [1.29, 1.82) is 0 Å². The molecule has 0 aromatic heterocycles. The minimum atomic E-state index is -0.275. The summed E-state index contributed by atoms with van der Waals surface area (Å²) in [5.74, 6) is 0.499. The standard InChI is InChI=1S/C16H17ClFNS/c1-11-3-2-4-15(7-11)20-10-14(19)9-12-8-13(18)5-6-16(12)17/h2-8,14H,9-10,19H2,1H3. The maximum absolute atomic E-state index is 13.2. The summed E-state index contributed by atoms with van der Waals surface area (Å²) < 4.78 is 13.2. The van der Waals surface area contributed by atoms with Crippen LogP contribution >= 0.6 is 23.4 Å². The molecule has 106 valence electrons. The lowest BCUT2D eigenvalue weighted by molar-refractivity contribution is 0.623. The maximum atomic E-state index is 13.2. The van der Waals surface area contributed by atoms with Crippen molar-refractivity contribution in [3.05, 3.63) is 64.4 Å². The monoisotopic (exact) mass is 309 g/mol. The van der Waals surface area contributed by atoms with E-state index in [4.69, 9.17) is 17.3 Å². The van der Waals surface area contributed by atoms with Crippen molar-refractivity contribution in [3.63, 3.8) is 0 Å². The van der Waals surface area contributed by atoms with E-state index in [1.165, 1.54) is 22.6 Å². The molecule has 0 saturated heterocycles. The van der Waals surface area contributed by atoms with Crippen molar-refractivity contribution in [1.82, 2.24) is 0 Å². The van der Waals surface area contributed by atoms with Gasteiger partial charge in [-0.05, 0) is 49.2 Å². The van der Waals surface area contributed by atoms with Crippen LogP contribution in [0.25, 0.3) is 0 Å². The normalized spacial score (nSPS) is 12.4. The van der Waals surface area contributed by atoms with Crippen LogP contribution in [0, 0.1) is 12.7 Å². The van der Waals surface area contributed by atoms with Gasteiger partial charge in [0.05, 0.1) is 0 Å². The van der Waals surface area contributed by atoms with Crippen molar-refractivity contribution in [2.24, 2.45) is 5.73 Å². The topological polar surface area (TPSA) is 26.0 Å². The van der Waals surface area contributed by atoms with Gasteiger partial charge >= 0.3 is 0 Å². The predicted molar refractivity (Wildman–Crippen MR) is 85.0 cm³/mol. The van der Waals surface area contributed by atoms with E-state index in [2.05, 4.69) is 25.1 Å². The molecule has 0 aliphatic heterocycles. The molecule has 0 bridgehead atoms. The van der Waals surface area contributed by atoms with Crippen molar-refractivity contribution in [2.45, 2.75) is 24.3 Å². The van der Waals surface area contributed by atoms with E-state index < -0.39 is 0 Å². The Hall–Kier alpha value is -1.03. The average molecular weight is 310 g/mol. The Labute approximate surface area is 128 Å². The van der Waals surface area contributed by atoms with Crippen molar-refractivity contribution in [2.75, 3.05) is 5.75 Å². The first-order valence-corrected chi connectivity index (χ1v) is 7.80. The smallest absolute Gasteiger partial charge is 0.123 e. The molecule has 2 rings (SSSR count). The molecule has 0 heterocycles. The van der Waals surface area contributed by atoms with Gasteiger partial charge in [-0.3, -0.25) is 0 Å². The fourth-order valence-corrected chi connectivity index (χ4v) is 3.11. The third-order valence-electron chi connectivity index (χ3n) is 2.94. The van der Waals surface area contributed by atoms with Gasteiger partial charge in [-0.1, -0.05) is 29.3 Å². The van der Waals surface area contributed by atoms with Gasteiger partial charge in [-0.15, -0.1) is 11.8 Å². The van der Waals surface area contributed by atoms with Crippen LogP contribution < -0.4 is 5.73 Å². The Morgan fingerprint density at radius 2 is 2.05 bits per heavy atom. The van der Waals surface area contributed by atoms with Crippen LogP contribution in [0.2, 0.25) is 5.02 Å². The lowest BCUT2D eigenvalue weighted by Gasteiger charge is -2.13. The zero-order valence-corrected chi connectivity index (χ0v) is 12.8. The second-order valence-corrected chi connectivity index (χ2v) is 6.33. The highest BCUT2D eigenvalue weighted by atomic mass is 35.5. The van der Waals surface area contributed by atoms with Gasteiger partial charge in [0, 0.05) is 21.7 Å². The Kier molecular flexibility index (Phi) is 5.46. The molecule has 1 unspecified atom stereocenters. The predicted octanol–water partition coefficient (Wildman–Crippen LogP) is 4.45. The average Bonchev–Trinajstić information content (AvgIpc) is 2.41. The number of rotatable bonds is 5. The summed E-state index contributed by atoms with van der Waals surface area (Å²) in [6, 6.07) is 12.6. The maximum Gasteiger partial charge on any atom is 0.123 e. The van der Waals surface area contributed by atoms with Gasteiger partial charge in [0.2, 0.25) is 0 Å². The molecule has 2 N–H and O–H groups in total. The van der Waals surface area contributed by atoms with Crippen LogP contribution in [-0.4, -0.2) is 11.8 Å². The first kappa shape index (κ1) is 15.4. The van der Waals surface area contributed by atoms with Crippen LogP contribution in [0.4, 0.5) is 4.39 Å². The summed E-state index contributed by atoms with van der Waals surface area (Å²) in [6.45, 7) is 2.07. The number of nitrogens with two attached hydrogens (primary N) is 1. The van der Waals surface area contributed by atoms with Gasteiger partial charge in [0.25, 0.3) is 0 Å². The van der Waals surface area contributed by atoms with Crippen LogP contribution in [0.15, 0.2) is 47.4 Å². The zero-order valence-electron chi connectivity index (χ0n) is 11.3. The first-order valence-electron chi connectivity index (χ1n) is 6.43. The molecule has 0 aliphatic carbocycles. The zero-order chi connectivity index (χ0) is 14.5. The van der Waals surface area contributed by atoms with Gasteiger partial charge in [-0.25, -0.2) is 4.39 Å². The van der Waals surface area contributed by atoms with E-state index in [-0.39, 0.29) is 11.9 Å². The van der Waals surface area contributed by atoms with Crippen LogP contribution in [0.1, 0.15) is 11.1 Å². The Morgan fingerprint density at radius 3 is 2.80 bits per heavy atom. The molecule has 0 aliphatic rings. The third kappa shape index (κ3) is 4.51. The summed E-state index contributed by atoms with van der Waals surface area (Å²) in [4.78, 5) is 1.20. The van der Waals surface area contributed by atoms with Gasteiger partial charge in [0.15, 0.2) is 0 Å². The quantitative estimate of drug-likeness (QED) is 0.826. The molecule has 4 heteroatoms. The molecule has 0 fully saturated rings. The molecular formula is C16H17ClFNS. The summed E-state index contributed by atoms with van der Waals surface area (Å²) in [5.41, 5.74) is 8.11. The second-order valence-electron chi connectivity index (χ2n) is 4.83. The van der Waals surface area contributed by atoms with Crippen LogP contribution in [0.3, 0.4) is 0 Å². The minimum Gasteiger partial charge on any atom is -0.327 e. The highest BCUT2D eigenvalue weighted by Gasteiger charge is 2.09. The SMILES string of the molecule is Cc1cccc(SCC(N)Cc2cc(F)ccc2Cl)c1. The number of aryl methyl sites for hydroxylation is 1. The van der Waals surface area contributed by atoms with Crippen molar-refractivity contribution >= 4 is 23.4 Å². The molecule has 2 aromatic rings. The fraction of sp³-hybridized carbons (Fsp3) is 0.250. The molecule has 0 saturated carbocycles. The Balaban J connectivity index is 1.92. The van der Waals surface area contributed by atoms with Crippen LogP contribution in [-0.2, 0) is 6.42 Å². The number of halogens is 2. The lowest BCUT2D eigenvalue weighted by atomic mass is 10.1. The highest BCUT2D eigenvalue weighted by Crippen LogP contribution is 2.22. The van der Waals surface area contributed by atoms with E-state index >= 15 is 0 Å². The molecule has 1 atom stereocenters. The highest BCUT2D eigenvalue weighted by molar-refractivity contribution is 7.99. The van der Waals surface area contributed by atoms with E-state index in [9.17, 15) is 4.39 Å². The van der Waals surface area contributed by atoms with Gasteiger partial charge in [0.1, 0.15) is 5.82 Å². The Morgan fingerprint density at radius 1 is 1.25 bits per heavy atom. The summed E-state index contributed by atoms with van der Waals surface area (Å²) in [5, 5.41) is 0.572. The molecule has 20 heavy (non-hydrogen) atoms. The fourth-order valence-electron chi connectivity index (χ4n) is 1.95. The van der Waals surface area contributed by atoms with E-state index in [0.717, 1.165) is 11.3 Å². The molecule has 1 nitrogen and oxygen atoms in total. The molecule has 0 radical (unpaired) electrons. The third-order valence-corrected chi connectivity index (χ3v) is 4.49. The number of hydrogen-bond donors (Lipinski definition) is 1. The van der Waals surface area contributed by atoms with Crippen LogP contribution in [0.5, 0.6) is 0 Å². The van der Waals surface area contributed by atoms with Crippen molar-refractivity contribution in [3.8, 4) is 0 Å². The second kappa shape index (κ2) is 7.11. The molecular weight excluding hydrogens is 293 g/mol. The minimum absolute atomic E-state index is 0.0557. The van der Waals surface area contributed by atoms with E-state index in [1.54, 1.807) is 17.8 Å². The van der Waals surface area contributed by atoms with E-state index in [0.29, 0.717) is 11.4 Å². The molecule has 0 spiro atoms. The summed E-state index contributed by atoms with van der Waals surface area (Å²) in [7, 11) is 0. The molecule has 2 aromatic carbocycles. The van der Waals surface area contributed by atoms with Gasteiger partial charge < -0.3 is 5.73 Å². The largest absolute Gasteiger partial charge is 0.327 e. The molecule has 0 amide bonds. The number of hydrogen-bond acceptors (Lipinski definition) is 2. The number of thioether (sulfide) groups is 1.